The van der Waals surface area contributed by atoms with Gasteiger partial charge in [-0.15, -0.1) is 0 Å². The van der Waals surface area contributed by atoms with Gasteiger partial charge in [0.1, 0.15) is 30.3 Å². The Kier molecular flexibility index (Phi) is 16.6. The number of ether oxygens (including phenoxy) is 1. The number of aliphatic hydroxyl groups is 1. The summed E-state index contributed by atoms with van der Waals surface area (Å²) >= 11 is 0. The Morgan fingerprint density at radius 2 is 1.60 bits per heavy atom. The molecule has 1 fully saturated rings. The number of amides is 6. The highest BCUT2D eigenvalue weighted by atomic mass is 16.5. The van der Waals surface area contributed by atoms with E-state index >= 15 is 0 Å². The van der Waals surface area contributed by atoms with Crippen molar-refractivity contribution in [1.82, 2.24) is 25.3 Å². The van der Waals surface area contributed by atoms with Crippen LogP contribution >= 0.6 is 0 Å². The smallest absolute Gasteiger partial charge is 0.302 e. The Labute approximate surface area is 296 Å². The van der Waals surface area contributed by atoms with E-state index in [1.165, 1.54) is 29.7 Å². The molecule has 0 unspecified atom stereocenters. The molecule has 1 saturated heterocycles. The van der Waals surface area contributed by atoms with Crippen LogP contribution in [0.15, 0.2) is 12.2 Å². The van der Waals surface area contributed by atoms with Crippen LogP contribution in [-0.4, -0.2) is 117 Å². The summed E-state index contributed by atoms with van der Waals surface area (Å²) in [4.78, 5) is 96.3. The summed E-state index contributed by atoms with van der Waals surface area (Å²) in [5.74, 6) is -4.60. The van der Waals surface area contributed by atoms with Crippen molar-refractivity contribution in [3.8, 4) is 0 Å². The number of carbonyl (C=O) groups is 7. The summed E-state index contributed by atoms with van der Waals surface area (Å²) in [6.07, 6.45) is 5.99. The molecule has 50 heavy (non-hydrogen) atoms. The van der Waals surface area contributed by atoms with E-state index in [1.807, 2.05) is 13.8 Å². The Morgan fingerprint density at radius 1 is 0.980 bits per heavy atom. The summed E-state index contributed by atoms with van der Waals surface area (Å²) < 4.78 is 5.32. The highest BCUT2D eigenvalue weighted by Crippen LogP contribution is 2.25. The van der Waals surface area contributed by atoms with Crippen LogP contribution in [0.3, 0.4) is 0 Å². The first-order chi connectivity index (χ1) is 23.4. The van der Waals surface area contributed by atoms with Crippen molar-refractivity contribution in [2.45, 2.75) is 149 Å². The molecule has 0 aromatic heterocycles. The summed E-state index contributed by atoms with van der Waals surface area (Å²) in [7, 11) is 1.56. The van der Waals surface area contributed by atoms with Gasteiger partial charge in [0.15, 0.2) is 0 Å². The summed E-state index contributed by atoms with van der Waals surface area (Å²) in [5, 5.41) is 15.9. The van der Waals surface area contributed by atoms with Crippen LogP contribution in [0.5, 0.6) is 0 Å². The van der Waals surface area contributed by atoms with Gasteiger partial charge in [-0.25, -0.2) is 0 Å². The van der Waals surface area contributed by atoms with E-state index < -0.39 is 83.8 Å². The fourth-order valence-electron chi connectivity index (χ4n) is 6.38. The van der Waals surface area contributed by atoms with Crippen LogP contribution in [0, 0.1) is 11.8 Å². The normalized spacial score (nSPS) is 21.2. The van der Waals surface area contributed by atoms with Gasteiger partial charge in [0.2, 0.25) is 23.6 Å². The van der Waals surface area contributed by atoms with Crippen LogP contribution in [0.2, 0.25) is 0 Å². The maximum absolute atomic E-state index is 14.0. The number of β-amino-alcohol motifs (C(OH)–C–C–N with tert-alkyl or cyclic N) is 1. The van der Waals surface area contributed by atoms with E-state index in [2.05, 4.69) is 17.6 Å². The predicted octanol–water partition coefficient (Wildman–Crippen LogP) is 2.07. The molecule has 2 heterocycles. The van der Waals surface area contributed by atoms with Crippen molar-refractivity contribution in [2.24, 2.45) is 11.8 Å². The molecule has 2 aliphatic heterocycles. The first kappa shape index (κ1) is 42.4. The van der Waals surface area contributed by atoms with Gasteiger partial charge in [-0.05, 0) is 38.5 Å². The Balaban J connectivity index is 2.31. The zero-order valence-electron chi connectivity index (χ0n) is 31.3. The lowest BCUT2D eigenvalue weighted by Gasteiger charge is -2.34. The Morgan fingerprint density at radius 3 is 2.14 bits per heavy atom. The van der Waals surface area contributed by atoms with Gasteiger partial charge < -0.3 is 30.3 Å². The second-order valence-corrected chi connectivity index (χ2v) is 14.4. The summed E-state index contributed by atoms with van der Waals surface area (Å²) in [6.45, 7) is 13.4. The molecule has 0 saturated carbocycles. The lowest BCUT2D eigenvalue weighted by atomic mass is 9.99. The van der Waals surface area contributed by atoms with Crippen molar-refractivity contribution >= 4 is 41.4 Å². The average molecular weight is 706 g/mol. The number of unbranched alkanes of at least 4 members (excludes halogenated alkanes) is 4. The van der Waals surface area contributed by atoms with Crippen LogP contribution in [-0.2, 0) is 38.3 Å². The quantitative estimate of drug-likeness (QED) is 0.109. The van der Waals surface area contributed by atoms with Crippen LogP contribution in [0.1, 0.15) is 107 Å². The number of rotatable bonds is 18. The van der Waals surface area contributed by atoms with Gasteiger partial charge in [-0.3, -0.25) is 38.5 Å². The number of nitrogens with zero attached hydrogens (tertiary/aromatic N) is 3. The highest BCUT2D eigenvalue weighted by Gasteiger charge is 2.46. The van der Waals surface area contributed by atoms with Gasteiger partial charge in [0.05, 0.1) is 12.1 Å². The van der Waals surface area contributed by atoms with Gasteiger partial charge in [-0.2, -0.15) is 0 Å². The Hall–Kier alpha value is -3.81. The predicted molar refractivity (Wildman–Crippen MR) is 186 cm³/mol. The third kappa shape index (κ3) is 11.6. The first-order valence-electron chi connectivity index (χ1n) is 18.0. The molecule has 0 aromatic rings. The molecule has 0 radical (unpaired) electrons. The van der Waals surface area contributed by atoms with Gasteiger partial charge in [0, 0.05) is 39.4 Å². The zero-order valence-corrected chi connectivity index (χ0v) is 31.3. The van der Waals surface area contributed by atoms with Crippen molar-refractivity contribution in [1.29, 1.82) is 0 Å². The van der Waals surface area contributed by atoms with Gasteiger partial charge in [0.25, 0.3) is 11.8 Å². The van der Waals surface area contributed by atoms with Gasteiger partial charge >= 0.3 is 5.97 Å². The molecule has 7 atom stereocenters. The van der Waals surface area contributed by atoms with Crippen LogP contribution in [0.25, 0.3) is 0 Å². The summed E-state index contributed by atoms with van der Waals surface area (Å²) in [5.41, 5.74) is 0. The maximum Gasteiger partial charge on any atom is 0.302 e. The molecule has 0 aliphatic carbocycles. The molecule has 14 nitrogen and oxygen atoms in total. The summed E-state index contributed by atoms with van der Waals surface area (Å²) in [6, 6.07) is -5.21. The minimum atomic E-state index is -1.44. The van der Waals surface area contributed by atoms with Gasteiger partial charge in [-0.1, -0.05) is 66.4 Å². The number of likely N-dealkylation sites (tertiary alicyclic amines) is 1. The van der Waals surface area contributed by atoms with Crippen molar-refractivity contribution in [3.05, 3.63) is 12.2 Å². The topological polar surface area (TPSA) is 183 Å². The fraction of sp³-hybridized carbons (Fsp3) is 0.750. The zero-order chi connectivity index (χ0) is 37.9. The number of carbonyl (C=O) groups excluding carboxylic acids is 7. The number of imide groups is 1. The SMILES string of the molecule is CCCCCCCC(=O)N(C)[C@@H](CC(C)C)C(=O)N[C@H](C(=O)N[C@H](C(=O)N1C[C@H](O)C[C@H]1C(=O)N1C(=O)C=C[C@@H]1C)C(C)C)[C@@H](C)OC(C)=O. The molecule has 2 aliphatic rings. The van der Waals surface area contributed by atoms with E-state index in [9.17, 15) is 38.7 Å². The maximum atomic E-state index is 14.0. The van der Waals surface area contributed by atoms with Crippen molar-refractivity contribution in [2.75, 3.05) is 13.6 Å². The third-order valence-electron chi connectivity index (χ3n) is 9.23. The average Bonchev–Trinajstić information content (AvgIpc) is 3.59. The van der Waals surface area contributed by atoms with Crippen molar-refractivity contribution < 1.29 is 43.4 Å². The molecule has 6 amide bonds. The molecule has 0 aromatic carbocycles. The largest absolute Gasteiger partial charge is 0.460 e. The number of hydrogen-bond donors (Lipinski definition) is 3. The van der Waals surface area contributed by atoms with E-state index in [-0.39, 0.29) is 31.2 Å². The van der Waals surface area contributed by atoms with E-state index in [0.29, 0.717) is 12.8 Å². The van der Waals surface area contributed by atoms with Crippen LogP contribution in [0.4, 0.5) is 0 Å². The van der Waals surface area contributed by atoms with E-state index in [1.54, 1.807) is 33.9 Å². The molecule has 0 bridgehead atoms. The number of aliphatic hydroxyl groups excluding tert-OH is 1. The lowest BCUT2D eigenvalue weighted by molar-refractivity contribution is -0.152. The molecular formula is C36H59N5O9. The lowest BCUT2D eigenvalue weighted by Crippen LogP contribution is -2.62. The number of nitrogens with one attached hydrogen (secondary N) is 2. The fourth-order valence-corrected chi connectivity index (χ4v) is 6.38. The highest BCUT2D eigenvalue weighted by molar-refractivity contribution is 6.06. The molecule has 14 heteroatoms. The number of hydrogen-bond acceptors (Lipinski definition) is 9. The van der Waals surface area contributed by atoms with E-state index in [0.717, 1.165) is 30.6 Å². The molecular weight excluding hydrogens is 646 g/mol. The second kappa shape index (κ2) is 19.5. The Bertz CT molecular complexity index is 1270. The molecule has 0 spiro atoms. The first-order valence-corrected chi connectivity index (χ1v) is 18.0. The minimum absolute atomic E-state index is 0.0211. The molecule has 2 rings (SSSR count). The minimum Gasteiger partial charge on any atom is -0.460 e. The number of esters is 1. The third-order valence-corrected chi connectivity index (χ3v) is 9.23. The van der Waals surface area contributed by atoms with Crippen LogP contribution < -0.4 is 10.6 Å². The van der Waals surface area contributed by atoms with Crippen molar-refractivity contribution in [3.63, 3.8) is 0 Å². The molecule has 3 N–H and O–H groups in total. The standard InChI is InChI=1S/C36H59N5O9/c1-10-11-12-13-14-15-29(44)39(9)27(18-21(2)3)33(46)38-32(24(7)50-25(8)42)34(47)37-31(22(4)5)36(49)40-20-26(43)19-28(40)35(48)41-23(6)16-17-30(41)45/h16-17,21-24,26-28,31-32,43H,10-15,18-20H2,1-9H3,(H,37,47)(H,38,46)/t23-,24+,26+,27-,28-,31-,32-/m0/s1. The second-order valence-electron chi connectivity index (χ2n) is 14.4. The number of likely N-dealkylation sites (N-methyl/N-ethyl adjacent to an activating group) is 1. The van der Waals surface area contributed by atoms with E-state index in [4.69, 9.17) is 4.74 Å². The monoisotopic (exact) mass is 705 g/mol. The molecule has 282 valence electrons.